The third-order valence-electron chi connectivity index (χ3n) is 3.44. The molecule has 0 amide bonds. The second-order valence-electron chi connectivity index (χ2n) is 5.06. The Labute approximate surface area is 147 Å². The topological polar surface area (TPSA) is 58.6 Å². The lowest BCUT2D eigenvalue weighted by Gasteiger charge is -2.08. The highest BCUT2D eigenvalue weighted by Gasteiger charge is 2.23. The van der Waals surface area contributed by atoms with E-state index < -0.39 is 0 Å². The van der Waals surface area contributed by atoms with E-state index in [1.807, 2.05) is 38.1 Å². The van der Waals surface area contributed by atoms with E-state index in [1.54, 1.807) is 23.1 Å². The summed E-state index contributed by atoms with van der Waals surface area (Å²) >= 11 is 4.71. The minimum Gasteiger partial charge on any atom is -0.358 e. The molecule has 120 valence electrons. The van der Waals surface area contributed by atoms with Gasteiger partial charge in [0.05, 0.1) is 5.25 Å². The molecule has 1 unspecified atom stereocenters. The number of carbonyl (C=O) groups excluding carboxylic acids is 1. The maximum atomic E-state index is 12.9. The van der Waals surface area contributed by atoms with Crippen molar-refractivity contribution in [2.75, 3.05) is 5.75 Å². The molecule has 0 bridgehead atoms. The molecular weight excluding hydrogens is 346 g/mol. The van der Waals surface area contributed by atoms with E-state index in [0.29, 0.717) is 0 Å². The number of aromatic amines is 1. The summed E-state index contributed by atoms with van der Waals surface area (Å²) in [6.07, 6.45) is 0. The summed E-state index contributed by atoms with van der Waals surface area (Å²) in [7, 11) is 0. The van der Waals surface area contributed by atoms with Crippen LogP contribution >= 0.6 is 34.9 Å². The van der Waals surface area contributed by atoms with Crippen LogP contribution in [0.3, 0.4) is 0 Å². The van der Waals surface area contributed by atoms with Gasteiger partial charge < -0.3 is 4.98 Å². The van der Waals surface area contributed by atoms with Crippen LogP contribution in [0.5, 0.6) is 0 Å². The van der Waals surface area contributed by atoms with E-state index in [4.69, 9.17) is 0 Å². The fourth-order valence-electron chi connectivity index (χ4n) is 2.43. The molecule has 3 rings (SSSR count). The number of nitrogens with zero attached hydrogens (tertiary/aromatic N) is 2. The fourth-order valence-corrected chi connectivity index (χ4v) is 5.55. The van der Waals surface area contributed by atoms with Gasteiger partial charge in [0, 0.05) is 22.2 Å². The van der Waals surface area contributed by atoms with Gasteiger partial charge in [0.1, 0.15) is 0 Å². The van der Waals surface area contributed by atoms with Crippen LogP contribution in [-0.4, -0.2) is 32.0 Å². The number of hydrogen-bond acceptors (Lipinski definition) is 6. The molecule has 2 aromatic heterocycles. The number of aromatic nitrogens is 3. The second-order valence-corrected chi connectivity index (χ2v) is 9.14. The largest absolute Gasteiger partial charge is 0.358 e. The molecule has 0 aliphatic carbocycles. The van der Waals surface area contributed by atoms with Crippen molar-refractivity contribution in [1.82, 2.24) is 15.2 Å². The second kappa shape index (κ2) is 7.07. The summed E-state index contributed by atoms with van der Waals surface area (Å²) in [5.41, 5.74) is 2.71. The molecule has 4 nitrogen and oxygen atoms in total. The highest BCUT2D eigenvalue weighted by atomic mass is 32.2. The molecule has 3 aromatic rings. The number of thioether (sulfide) groups is 2. The number of hydrogen-bond donors (Lipinski definition) is 1. The quantitative estimate of drug-likeness (QED) is 0.503. The number of H-pyrrole nitrogens is 1. The molecule has 7 heteroatoms. The Morgan fingerprint density at radius 3 is 2.83 bits per heavy atom. The van der Waals surface area contributed by atoms with Gasteiger partial charge in [-0.3, -0.25) is 4.79 Å². The van der Waals surface area contributed by atoms with Crippen molar-refractivity contribution in [3.8, 4) is 0 Å². The summed E-state index contributed by atoms with van der Waals surface area (Å²) in [5.74, 6) is 1.10. The van der Waals surface area contributed by atoms with E-state index in [0.717, 1.165) is 36.6 Å². The van der Waals surface area contributed by atoms with Crippen LogP contribution in [0.1, 0.15) is 29.9 Å². The Balaban J connectivity index is 1.82. The third kappa shape index (κ3) is 3.46. The lowest BCUT2D eigenvalue weighted by molar-refractivity contribution is 0.0995. The molecule has 0 saturated carbocycles. The predicted molar refractivity (Wildman–Crippen MR) is 99.0 cm³/mol. The normalized spacial score (nSPS) is 12.7. The first-order valence-electron chi connectivity index (χ1n) is 7.34. The maximum absolute atomic E-state index is 12.9. The molecule has 0 fully saturated rings. The minimum absolute atomic E-state index is 0.129. The van der Waals surface area contributed by atoms with Crippen molar-refractivity contribution in [2.24, 2.45) is 0 Å². The average molecular weight is 364 g/mol. The van der Waals surface area contributed by atoms with Gasteiger partial charge in [-0.15, -0.1) is 10.2 Å². The minimum atomic E-state index is -0.194. The number of nitrogens with one attached hydrogen (secondary N) is 1. The molecule has 1 atom stereocenters. The van der Waals surface area contributed by atoms with Crippen LogP contribution in [0.15, 0.2) is 32.9 Å². The Morgan fingerprint density at radius 1 is 1.30 bits per heavy atom. The Bertz CT molecular complexity index is 840. The SMILES string of the molecule is CCSc1nnc(SC(C)C(=O)c2c(C)[nH]c3ccccc23)s1. The van der Waals surface area contributed by atoms with Gasteiger partial charge in [0.2, 0.25) is 0 Å². The molecular formula is C16H17N3OS3. The standard InChI is InChI=1S/C16H17N3OS3/c1-4-21-15-18-19-16(23-15)22-10(3)14(20)13-9(2)17-12-8-6-5-7-11(12)13/h5-8,10,17H,4H2,1-3H3. The molecule has 0 aliphatic rings. The van der Waals surface area contributed by atoms with Crippen LogP contribution < -0.4 is 0 Å². The zero-order chi connectivity index (χ0) is 16.4. The predicted octanol–water partition coefficient (Wildman–Crippen LogP) is 4.80. The first-order valence-corrected chi connectivity index (χ1v) is 10.0. The van der Waals surface area contributed by atoms with E-state index >= 15 is 0 Å². The number of carbonyl (C=O) groups is 1. The molecule has 2 heterocycles. The molecule has 0 aliphatic heterocycles. The molecule has 1 N–H and O–H groups in total. The Morgan fingerprint density at radius 2 is 2.04 bits per heavy atom. The Kier molecular flexibility index (Phi) is 5.08. The fraction of sp³-hybridized carbons (Fsp3) is 0.312. The first kappa shape index (κ1) is 16.5. The molecule has 23 heavy (non-hydrogen) atoms. The van der Waals surface area contributed by atoms with Crippen molar-refractivity contribution in [1.29, 1.82) is 0 Å². The van der Waals surface area contributed by atoms with Crippen LogP contribution in [0.2, 0.25) is 0 Å². The zero-order valence-corrected chi connectivity index (χ0v) is 15.6. The molecule has 0 radical (unpaired) electrons. The highest BCUT2D eigenvalue weighted by Crippen LogP contribution is 2.33. The summed E-state index contributed by atoms with van der Waals surface area (Å²) in [6, 6.07) is 7.92. The summed E-state index contributed by atoms with van der Waals surface area (Å²) in [4.78, 5) is 16.2. The van der Waals surface area contributed by atoms with Gasteiger partial charge in [-0.25, -0.2) is 0 Å². The van der Waals surface area contributed by atoms with Gasteiger partial charge in [-0.1, -0.05) is 60.0 Å². The summed E-state index contributed by atoms with van der Waals surface area (Å²) in [6.45, 7) is 5.97. The van der Waals surface area contributed by atoms with Gasteiger partial charge in [0.25, 0.3) is 0 Å². The van der Waals surface area contributed by atoms with Crippen LogP contribution in [0, 0.1) is 6.92 Å². The number of benzene rings is 1. The lowest BCUT2D eigenvalue weighted by atomic mass is 10.1. The average Bonchev–Trinajstić information content (AvgIpc) is 3.10. The molecule has 0 saturated heterocycles. The molecule has 1 aromatic carbocycles. The number of Topliss-reactive ketones (excluding diaryl/α,β-unsaturated/α-hetero) is 1. The number of ketones is 1. The monoisotopic (exact) mass is 363 g/mol. The summed E-state index contributed by atoms with van der Waals surface area (Å²) in [5, 5.41) is 9.11. The zero-order valence-electron chi connectivity index (χ0n) is 13.1. The van der Waals surface area contributed by atoms with E-state index in [1.165, 1.54) is 11.8 Å². The number of rotatable bonds is 6. The van der Waals surface area contributed by atoms with Gasteiger partial charge in [-0.05, 0) is 25.7 Å². The van der Waals surface area contributed by atoms with Gasteiger partial charge >= 0.3 is 0 Å². The molecule has 0 spiro atoms. The maximum Gasteiger partial charge on any atom is 0.178 e. The smallest absolute Gasteiger partial charge is 0.178 e. The third-order valence-corrected chi connectivity index (χ3v) is 6.57. The number of aryl methyl sites for hydroxylation is 1. The van der Waals surface area contributed by atoms with Crippen molar-refractivity contribution >= 4 is 51.5 Å². The summed E-state index contributed by atoms with van der Waals surface area (Å²) < 4.78 is 1.80. The van der Waals surface area contributed by atoms with Crippen LogP contribution in [-0.2, 0) is 0 Å². The van der Waals surface area contributed by atoms with Gasteiger partial charge in [-0.2, -0.15) is 0 Å². The van der Waals surface area contributed by atoms with Crippen molar-refractivity contribution in [2.45, 2.75) is 34.7 Å². The van der Waals surface area contributed by atoms with Crippen molar-refractivity contribution in [3.05, 3.63) is 35.5 Å². The van der Waals surface area contributed by atoms with Crippen LogP contribution in [0.25, 0.3) is 10.9 Å². The highest BCUT2D eigenvalue weighted by molar-refractivity contribution is 8.03. The van der Waals surface area contributed by atoms with Crippen molar-refractivity contribution in [3.63, 3.8) is 0 Å². The number of fused-ring (bicyclic) bond motifs is 1. The number of para-hydroxylation sites is 1. The van der Waals surface area contributed by atoms with E-state index in [-0.39, 0.29) is 11.0 Å². The van der Waals surface area contributed by atoms with Gasteiger partial charge in [0.15, 0.2) is 14.5 Å². The van der Waals surface area contributed by atoms with E-state index in [9.17, 15) is 4.79 Å². The lowest BCUT2D eigenvalue weighted by Crippen LogP contribution is -2.14. The first-order chi connectivity index (χ1) is 11.1. The van der Waals surface area contributed by atoms with Crippen LogP contribution in [0.4, 0.5) is 0 Å². The van der Waals surface area contributed by atoms with Crippen molar-refractivity contribution < 1.29 is 4.79 Å². The van der Waals surface area contributed by atoms with E-state index in [2.05, 4.69) is 22.1 Å². The Hall–Kier alpha value is -1.31.